The molecule has 1 unspecified atom stereocenters. The average Bonchev–Trinajstić information content (AvgIpc) is 2.86. The molecule has 1 fully saturated rings. The zero-order chi connectivity index (χ0) is 14.1. The van der Waals surface area contributed by atoms with E-state index in [2.05, 4.69) is 16.5 Å². The van der Waals surface area contributed by atoms with Crippen molar-refractivity contribution in [1.29, 1.82) is 5.26 Å². The Hall–Kier alpha value is -2.39. The number of piperidine rings is 1. The first-order chi connectivity index (χ1) is 9.72. The first-order valence-corrected chi connectivity index (χ1v) is 6.64. The molecule has 1 aliphatic heterocycles. The number of primary amides is 1. The largest absolute Gasteiger partial charge is 0.366 e. The summed E-state index contributed by atoms with van der Waals surface area (Å²) in [4.78, 5) is 11.5. The molecule has 6 heteroatoms. The highest BCUT2D eigenvalue weighted by atomic mass is 16.1. The van der Waals surface area contributed by atoms with E-state index in [-0.39, 0.29) is 6.04 Å². The minimum absolute atomic E-state index is 0.145. The molecule has 0 spiro atoms. The van der Waals surface area contributed by atoms with E-state index in [0.717, 1.165) is 25.9 Å². The molecule has 2 heterocycles. The summed E-state index contributed by atoms with van der Waals surface area (Å²) >= 11 is 0. The molecule has 20 heavy (non-hydrogen) atoms. The van der Waals surface area contributed by atoms with E-state index in [0.29, 0.717) is 22.2 Å². The van der Waals surface area contributed by atoms with Crippen LogP contribution in [0.15, 0.2) is 18.2 Å². The number of nitrogens with one attached hydrogen (secondary N) is 1. The van der Waals surface area contributed by atoms with Crippen LogP contribution in [0.25, 0.3) is 10.9 Å². The van der Waals surface area contributed by atoms with E-state index in [1.54, 1.807) is 22.9 Å². The Balaban J connectivity index is 2.20. The molecule has 3 N–H and O–H groups in total. The predicted molar refractivity (Wildman–Crippen MR) is 74.1 cm³/mol. The van der Waals surface area contributed by atoms with Crippen molar-refractivity contribution >= 4 is 16.8 Å². The molecule has 1 amide bonds. The van der Waals surface area contributed by atoms with Gasteiger partial charge in [0.15, 0.2) is 0 Å². The van der Waals surface area contributed by atoms with Crippen molar-refractivity contribution < 1.29 is 4.79 Å². The number of benzene rings is 1. The Labute approximate surface area is 116 Å². The topological polar surface area (TPSA) is 96.7 Å². The molecule has 1 atom stereocenters. The molecule has 1 saturated heterocycles. The van der Waals surface area contributed by atoms with Crippen LogP contribution in [0.4, 0.5) is 0 Å². The van der Waals surface area contributed by atoms with Crippen LogP contribution in [0.3, 0.4) is 0 Å². The van der Waals surface area contributed by atoms with Gasteiger partial charge in [-0.2, -0.15) is 10.4 Å². The number of aromatic nitrogens is 2. The molecule has 0 bridgehead atoms. The van der Waals surface area contributed by atoms with Crippen molar-refractivity contribution in [1.82, 2.24) is 15.1 Å². The number of fused-ring (bicyclic) bond motifs is 1. The molecule has 1 aliphatic rings. The van der Waals surface area contributed by atoms with Crippen molar-refractivity contribution in [2.75, 3.05) is 13.1 Å². The van der Waals surface area contributed by atoms with E-state index in [1.165, 1.54) is 0 Å². The number of carbonyl (C=O) groups excluding carboxylic acids is 1. The van der Waals surface area contributed by atoms with Gasteiger partial charge in [0.1, 0.15) is 17.3 Å². The SMILES string of the molecule is N#Cc1c2cccc(C(N)=O)c2nn1C1CCCNC1. The van der Waals surface area contributed by atoms with Crippen LogP contribution < -0.4 is 11.1 Å². The Bertz CT molecular complexity index is 706. The lowest BCUT2D eigenvalue weighted by Crippen LogP contribution is -2.32. The number of rotatable bonds is 2. The smallest absolute Gasteiger partial charge is 0.250 e. The van der Waals surface area contributed by atoms with E-state index >= 15 is 0 Å². The van der Waals surface area contributed by atoms with Crippen molar-refractivity contribution in [2.45, 2.75) is 18.9 Å². The van der Waals surface area contributed by atoms with Gasteiger partial charge in [-0.25, -0.2) is 4.68 Å². The maximum absolute atomic E-state index is 11.5. The van der Waals surface area contributed by atoms with Crippen LogP contribution in [0, 0.1) is 11.3 Å². The molecule has 0 aliphatic carbocycles. The zero-order valence-corrected chi connectivity index (χ0v) is 11.0. The number of carbonyl (C=O) groups is 1. The van der Waals surface area contributed by atoms with E-state index in [9.17, 15) is 10.1 Å². The van der Waals surface area contributed by atoms with Crippen LogP contribution in [0.5, 0.6) is 0 Å². The lowest BCUT2D eigenvalue weighted by Gasteiger charge is -2.23. The molecule has 1 aromatic heterocycles. The molecule has 0 radical (unpaired) electrons. The first kappa shape index (κ1) is 12.6. The van der Waals surface area contributed by atoms with Crippen LogP contribution in [0.2, 0.25) is 0 Å². The summed E-state index contributed by atoms with van der Waals surface area (Å²) in [6, 6.07) is 7.52. The molecule has 3 rings (SSSR count). The highest BCUT2D eigenvalue weighted by Crippen LogP contribution is 2.26. The highest BCUT2D eigenvalue weighted by molar-refractivity contribution is 6.05. The summed E-state index contributed by atoms with van der Waals surface area (Å²) in [7, 11) is 0. The highest BCUT2D eigenvalue weighted by Gasteiger charge is 2.22. The van der Waals surface area contributed by atoms with E-state index in [1.807, 2.05) is 0 Å². The number of amides is 1. The third kappa shape index (κ3) is 1.92. The average molecular weight is 269 g/mol. The molecule has 6 nitrogen and oxygen atoms in total. The Morgan fingerprint density at radius 2 is 2.40 bits per heavy atom. The minimum atomic E-state index is -0.522. The second-order valence-electron chi connectivity index (χ2n) is 4.97. The predicted octanol–water partition coefficient (Wildman–Crippen LogP) is 0.931. The minimum Gasteiger partial charge on any atom is -0.366 e. The number of nitriles is 1. The van der Waals surface area contributed by atoms with Gasteiger partial charge in [0.2, 0.25) is 0 Å². The van der Waals surface area contributed by atoms with Crippen molar-refractivity contribution in [3.8, 4) is 6.07 Å². The quantitative estimate of drug-likeness (QED) is 0.847. The van der Waals surface area contributed by atoms with Crippen molar-refractivity contribution in [2.24, 2.45) is 5.73 Å². The third-order valence-electron chi connectivity index (χ3n) is 3.72. The van der Waals surface area contributed by atoms with Crippen LogP contribution in [0.1, 0.15) is 34.9 Å². The Morgan fingerprint density at radius 1 is 1.55 bits per heavy atom. The van der Waals surface area contributed by atoms with Gasteiger partial charge in [-0.1, -0.05) is 6.07 Å². The van der Waals surface area contributed by atoms with Gasteiger partial charge in [0.25, 0.3) is 5.91 Å². The van der Waals surface area contributed by atoms with Gasteiger partial charge >= 0.3 is 0 Å². The Kier molecular flexibility index (Phi) is 3.12. The summed E-state index contributed by atoms with van der Waals surface area (Å²) in [6.45, 7) is 1.78. The van der Waals surface area contributed by atoms with E-state index in [4.69, 9.17) is 5.73 Å². The fourth-order valence-electron chi connectivity index (χ4n) is 2.74. The van der Waals surface area contributed by atoms with Gasteiger partial charge in [0, 0.05) is 11.9 Å². The summed E-state index contributed by atoms with van der Waals surface area (Å²) in [5.41, 5.74) is 6.75. The number of hydrogen-bond donors (Lipinski definition) is 2. The molecular formula is C14H15N5O. The fourth-order valence-corrected chi connectivity index (χ4v) is 2.74. The Morgan fingerprint density at radius 3 is 3.05 bits per heavy atom. The second-order valence-corrected chi connectivity index (χ2v) is 4.97. The summed E-state index contributed by atoms with van der Waals surface area (Å²) in [6.07, 6.45) is 2.02. The van der Waals surface area contributed by atoms with Gasteiger partial charge in [-0.15, -0.1) is 0 Å². The number of nitrogens with two attached hydrogens (primary N) is 1. The summed E-state index contributed by atoms with van der Waals surface area (Å²) < 4.78 is 1.74. The van der Waals surface area contributed by atoms with Crippen LogP contribution in [-0.4, -0.2) is 28.8 Å². The summed E-state index contributed by atoms with van der Waals surface area (Å²) in [5, 5.41) is 17.9. The lowest BCUT2D eigenvalue weighted by molar-refractivity contribution is 0.100. The van der Waals surface area contributed by atoms with Crippen LogP contribution in [-0.2, 0) is 0 Å². The van der Waals surface area contributed by atoms with Gasteiger partial charge < -0.3 is 11.1 Å². The number of nitrogens with zero attached hydrogens (tertiary/aromatic N) is 3. The fraction of sp³-hybridized carbons (Fsp3) is 0.357. The van der Waals surface area contributed by atoms with Crippen molar-refractivity contribution in [3.63, 3.8) is 0 Å². The normalized spacial score (nSPS) is 18.9. The van der Waals surface area contributed by atoms with Gasteiger partial charge in [-0.3, -0.25) is 4.79 Å². The van der Waals surface area contributed by atoms with E-state index < -0.39 is 5.91 Å². The summed E-state index contributed by atoms with van der Waals surface area (Å²) in [5.74, 6) is -0.522. The number of hydrogen-bond acceptors (Lipinski definition) is 4. The second kappa shape index (κ2) is 4.94. The third-order valence-corrected chi connectivity index (χ3v) is 3.72. The maximum atomic E-state index is 11.5. The maximum Gasteiger partial charge on any atom is 0.250 e. The van der Waals surface area contributed by atoms with Crippen LogP contribution >= 0.6 is 0 Å². The molecule has 102 valence electrons. The van der Waals surface area contributed by atoms with Crippen molar-refractivity contribution in [3.05, 3.63) is 29.5 Å². The molecular weight excluding hydrogens is 254 g/mol. The molecule has 0 saturated carbocycles. The lowest BCUT2D eigenvalue weighted by atomic mass is 10.1. The standard InChI is InChI=1S/C14H15N5O/c15-7-12-10-4-1-5-11(14(16)20)13(10)18-19(12)9-3-2-6-17-8-9/h1,4-5,9,17H,2-3,6,8H2,(H2,16,20). The molecule has 2 aromatic rings. The molecule has 1 aromatic carbocycles. The zero-order valence-electron chi connectivity index (χ0n) is 11.0. The van der Waals surface area contributed by atoms with Gasteiger partial charge in [0.05, 0.1) is 11.6 Å². The first-order valence-electron chi connectivity index (χ1n) is 6.64. The van der Waals surface area contributed by atoms with Gasteiger partial charge in [-0.05, 0) is 31.5 Å². The monoisotopic (exact) mass is 269 g/mol.